The van der Waals surface area contributed by atoms with Crippen LogP contribution < -0.4 is 10.2 Å². The van der Waals surface area contributed by atoms with Crippen molar-refractivity contribution in [3.05, 3.63) is 70.9 Å². The molecule has 4 aromatic rings. The van der Waals surface area contributed by atoms with Gasteiger partial charge in [0.2, 0.25) is 0 Å². The number of carbonyl (C=O) groups is 1. The third-order valence-corrected chi connectivity index (χ3v) is 7.20. The molecule has 1 amide bonds. The van der Waals surface area contributed by atoms with E-state index in [2.05, 4.69) is 46.0 Å². The summed E-state index contributed by atoms with van der Waals surface area (Å²) in [5.74, 6) is 1.36. The van der Waals surface area contributed by atoms with Crippen LogP contribution in [-0.2, 0) is 0 Å². The number of anilines is 2. The maximum absolute atomic E-state index is 13.1. The fourth-order valence-corrected chi connectivity index (χ4v) is 4.83. The predicted octanol–water partition coefficient (Wildman–Crippen LogP) is 5.37. The molecule has 2 N–H and O–H groups in total. The SMILES string of the molecule is Cc1nc(N2C[C@@H](C)N(C)[C@@H](C)C2)ccc1C(=O)Nc1ccc(Cl)c(-c2nc3ccccc3[nH]2)c1. The van der Waals surface area contributed by atoms with E-state index in [0.29, 0.717) is 39.9 Å². The van der Waals surface area contributed by atoms with Gasteiger partial charge in [-0.2, -0.15) is 0 Å². The average molecular weight is 489 g/mol. The molecule has 1 saturated heterocycles. The summed E-state index contributed by atoms with van der Waals surface area (Å²) in [5, 5.41) is 3.55. The first-order valence-electron chi connectivity index (χ1n) is 11.8. The molecule has 0 radical (unpaired) electrons. The van der Waals surface area contributed by atoms with Crippen molar-refractivity contribution in [3.63, 3.8) is 0 Å². The monoisotopic (exact) mass is 488 g/mol. The van der Waals surface area contributed by atoms with Crippen LogP contribution in [0.15, 0.2) is 54.6 Å². The van der Waals surface area contributed by atoms with Crippen molar-refractivity contribution >= 4 is 40.0 Å². The van der Waals surface area contributed by atoms with Gasteiger partial charge in [0.15, 0.2) is 0 Å². The number of nitrogens with zero attached hydrogens (tertiary/aromatic N) is 4. The van der Waals surface area contributed by atoms with Crippen molar-refractivity contribution in [3.8, 4) is 11.4 Å². The largest absolute Gasteiger partial charge is 0.353 e. The fraction of sp³-hybridized carbons (Fsp3) is 0.296. The lowest BCUT2D eigenvalue weighted by atomic mass is 10.1. The molecule has 8 heteroatoms. The minimum atomic E-state index is -0.209. The van der Waals surface area contributed by atoms with Gasteiger partial charge < -0.3 is 15.2 Å². The molecule has 7 nitrogen and oxygen atoms in total. The quantitative estimate of drug-likeness (QED) is 0.404. The summed E-state index contributed by atoms with van der Waals surface area (Å²) in [6.07, 6.45) is 0. The molecule has 2 aromatic heterocycles. The molecule has 2 atom stereocenters. The maximum atomic E-state index is 13.1. The number of nitrogens with one attached hydrogen (secondary N) is 2. The van der Waals surface area contributed by atoms with E-state index < -0.39 is 0 Å². The second-order valence-corrected chi connectivity index (χ2v) is 9.73. The Morgan fingerprint density at radius 2 is 1.80 bits per heavy atom. The summed E-state index contributed by atoms with van der Waals surface area (Å²) >= 11 is 6.47. The van der Waals surface area contributed by atoms with Crippen LogP contribution in [-0.4, -0.2) is 58.0 Å². The van der Waals surface area contributed by atoms with E-state index in [1.54, 1.807) is 12.1 Å². The summed E-state index contributed by atoms with van der Waals surface area (Å²) in [6.45, 7) is 8.15. The van der Waals surface area contributed by atoms with E-state index >= 15 is 0 Å². The van der Waals surface area contributed by atoms with Crippen LogP contribution in [0.1, 0.15) is 29.9 Å². The molecule has 0 bridgehead atoms. The number of para-hydroxylation sites is 2. The number of amides is 1. The molecule has 0 unspecified atom stereocenters. The summed E-state index contributed by atoms with van der Waals surface area (Å²) in [7, 11) is 2.16. The predicted molar refractivity (Wildman–Crippen MR) is 142 cm³/mol. The number of H-pyrrole nitrogens is 1. The van der Waals surface area contributed by atoms with Crippen LogP contribution in [0.3, 0.4) is 0 Å². The Bertz CT molecular complexity index is 1350. The Kier molecular flexibility index (Phi) is 6.21. The fourth-order valence-electron chi connectivity index (χ4n) is 4.62. The number of hydrogen-bond donors (Lipinski definition) is 2. The number of hydrogen-bond acceptors (Lipinski definition) is 5. The molecular formula is C27H29ClN6O. The molecule has 5 rings (SSSR count). The lowest BCUT2D eigenvalue weighted by molar-refractivity contribution is 0.102. The summed E-state index contributed by atoms with van der Waals surface area (Å²) in [4.78, 5) is 30.5. The van der Waals surface area contributed by atoms with Crippen LogP contribution in [0, 0.1) is 6.92 Å². The molecule has 2 aromatic carbocycles. The normalized spacial score (nSPS) is 18.7. The number of imidazole rings is 1. The van der Waals surface area contributed by atoms with Gasteiger partial charge in [0.05, 0.1) is 27.3 Å². The number of rotatable bonds is 4. The highest BCUT2D eigenvalue weighted by molar-refractivity contribution is 6.33. The Morgan fingerprint density at radius 1 is 1.06 bits per heavy atom. The van der Waals surface area contributed by atoms with Gasteiger partial charge in [0.25, 0.3) is 5.91 Å². The minimum Gasteiger partial charge on any atom is -0.353 e. The first kappa shape index (κ1) is 23.3. The van der Waals surface area contributed by atoms with Crippen LogP contribution in [0.5, 0.6) is 0 Å². The molecule has 180 valence electrons. The summed E-state index contributed by atoms with van der Waals surface area (Å²) in [6, 6.07) is 17.9. The van der Waals surface area contributed by atoms with E-state index in [1.807, 2.05) is 49.4 Å². The summed E-state index contributed by atoms with van der Waals surface area (Å²) in [5.41, 5.74) is 4.40. The van der Waals surface area contributed by atoms with Crippen LogP contribution in [0.25, 0.3) is 22.4 Å². The zero-order chi connectivity index (χ0) is 24.7. The van der Waals surface area contributed by atoms with E-state index in [1.165, 1.54) is 0 Å². The van der Waals surface area contributed by atoms with Gasteiger partial charge in [-0.05, 0) is 70.3 Å². The molecule has 1 aliphatic heterocycles. The summed E-state index contributed by atoms with van der Waals surface area (Å²) < 4.78 is 0. The lowest BCUT2D eigenvalue weighted by Gasteiger charge is -2.43. The van der Waals surface area contributed by atoms with Gasteiger partial charge in [-0.3, -0.25) is 9.69 Å². The van der Waals surface area contributed by atoms with E-state index in [0.717, 1.165) is 35.5 Å². The van der Waals surface area contributed by atoms with Crippen molar-refractivity contribution in [1.82, 2.24) is 19.9 Å². The Labute approximate surface area is 210 Å². The van der Waals surface area contributed by atoms with Gasteiger partial charge in [-0.1, -0.05) is 23.7 Å². The molecule has 1 aliphatic rings. The third-order valence-electron chi connectivity index (χ3n) is 6.87. The number of halogens is 1. The maximum Gasteiger partial charge on any atom is 0.257 e. The standard InChI is InChI=1S/C27H29ClN6O/c1-16-14-34(15-17(2)33(16)4)25-12-10-20(18(3)29-25)27(35)30-19-9-11-22(28)21(13-19)26-31-23-7-5-6-8-24(23)32-26/h5-13,16-17H,14-15H2,1-4H3,(H,30,35)(H,31,32)/t16-,17+. The zero-order valence-corrected chi connectivity index (χ0v) is 21.1. The van der Waals surface area contributed by atoms with Gasteiger partial charge in [0.1, 0.15) is 11.6 Å². The number of aromatic amines is 1. The topological polar surface area (TPSA) is 77.2 Å². The number of piperazine rings is 1. The highest BCUT2D eigenvalue weighted by Crippen LogP contribution is 2.30. The molecule has 3 heterocycles. The number of aryl methyl sites for hydroxylation is 1. The smallest absolute Gasteiger partial charge is 0.257 e. The van der Waals surface area contributed by atoms with E-state index in [4.69, 9.17) is 16.6 Å². The first-order chi connectivity index (χ1) is 16.8. The van der Waals surface area contributed by atoms with Crippen LogP contribution in [0.4, 0.5) is 11.5 Å². The zero-order valence-electron chi connectivity index (χ0n) is 20.3. The molecular weight excluding hydrogens is 460 g/mol. The average Bonchev–Trinajstić information content (AvgIpc) is 3.27. The highest BCUT2D eigenvalue weighted by Gasteiger charge is 2.27. The second-order valence-electron chi connectivity index (χ2n) is 9.32. The number of carbonyl (C=O) groups excluding carboxylic acids is 1. The van der Waals surface area contributed by atoms with E-state index in [-0.39, 0.29) is 5.91 Å². The molecule has 35 heavy (non-hydrogen) atoms. The number of fused-ring (bicyclic) bond motifs is 1. The molecule has 1 fully saturated rings. The van der Waals surface area contributed by atoms with Crippen molar-refractivity contribution in [1.29, 1.82) is 0 Å². The molecule has 0 aliphatic carbocycles. The number of aromatic nitrogens is 3. The lowest BCUT2D eigenvalue weighted by Crippen LogP contribution is -2.55. The van der Waals surface area contributed by atoms with Gasteiger partial charge >= 0.3 is 0 Å². The number of pyridine rings is 1. The highest BCUT2D eigenvalue weighted by atomic mass is 35.5. The molecule has 0 spiro atoms. The van der Waals surface area contributed by atoms with E-state index in [9.17, 15) is 4.79 Å². The van der Waals surface area contributed by atoms with Gasteiger partial charge in [-0.25, -0.2) is 9.97 Å². The second kappa shape index (κ2) is 9.32. The van der Waals surface area contributed by atoms with Crippen LogP contribution in [0.2, 0.25) is 5.02 Å². The van der Waals surface area contributed by atoms with Crippen molar-refractivity contribution in [2.45, 2.75) is 32.9 Å². The third kappa shape index (κ3) is 4.61. The van der Waals surface area contributed by atoms with Crippen molar-refractivity contribution < 1.29 is 4.79 Å². The van der Waals surface area contributed by atoms with Crippen LogP contribution >= 0.6 is 11.6 Å². The number of benzene rings is 2. The van der Waals surface area contributed by atoms with Crippen molar-refractivity contribution in [2.24, 2.45) is 0 Å². The number of likely N-dealkylation sites (N-methyl/N-ethyl adjacent to an activating group) is 1. The minimum absolute atomic E-state index is 0.209. The Balaban J connectivity index is 1.36. The van der Waals surface area contributed by atoms with Crippen molar-refractivity contribution in [2.75, 3.05) is 30.4 Å². The Morgan fingerprint density at radius 3 is 2.51 bits per heavy atom. The molecule has 0 saturated carbocycles. The first-order valence-corrected chi connectivity index (χ1v) is 12.2. The van der Waals surface area contributed by atoms with Gasteiger partial charge in [0, 0.05) is 36.4 Å². The van der Waals surface area contributed by atoms with Gasteiger partial charge in [-0.15, -0.1) is 0 Å². The Hall–Kier alpha value is -3.42.